The number of fused-ring (bicyclic) bond motifs is 6. The Morgan fingerprint density at radius 1 is 0.447 bits per heavy atom. The lowest BCUT2D eigenvalue weighted by atomic mass is 9.80. The second-order valence-corrected chi connectivity index (χ2v) is 13.0. The standard InChI is InChI=1S/C45H33NO/c1-45(2)40-28-39-36-19-9-10-22-42(36)47-43(39)29-38(40)37-20-12-21-41(44(37)45)46(34-25-23-32(24-26-34)30-13-5-3-6-14-30)35-18-11-17-33(27-35)31-15-7-4-8-16-31/h3-29H,1-2H3. The van der Waals surface area contributed by atoms with Crippen molar-refractivity contribution < 1.29 is 4.42 Å². The first kappa shape index (κ1) is 27.5. The van der Waals surface area contributed by atoms with Crippen LogP contribution < -0.4 is 4.90 Å². The number of para-hydroxylation sites is 1. The van der Waals surface area contributed by atoms with Crippen molar-refractivity contribution in [3.05, 3.63) is 175 Å². The monoisotopic (exact) mass is 603 g/mol. The smallest absolute Gasteiger partial charge is 0.136 e. The molecular formula is C45H33NO. The van der Waals surface area contributed by atoms with E-state index in [1.54, 1.807) is 0 Å². The highest BCUT2D eigenvalue weighted by Gasteiger charge is 2.39. The molecule has 0 bridgehead atoms. The number of hydrogen-bond acceptors (Lipinski definition) is 2. The molecule has 1 aromatic heterocycles. The van der Waals surface area contributed by atoms with Crippen LogP contribution >= 0.6 is 0 Å². The van der Waals surface area contributed by atoms with Crippen LogP contribution in [-0.4, -0.2) is 0 Å². The molecule has 2 heteroatoms. The second-order valence-electron chi connectivity index (χ2n) is 13.0. The van der Waals surface area contributed by atoms with Crippen molar-refractivity contribution in [2.45, 2.75) is 19.3 Å². The molecule has 47 heavy (non-hydrogen) atoms. The summed E-state index contributed by atoms with van der Waals surface area (Å²) in [4.78, 5) is 2.44. The molecule has 7 aromatic carbocycles. The average Bonchev–Trinajstić information content (AvgIpc) is 3.60. The zero-order chi connectivity index (χ0) is 31.5. The van der Waals surface area contributed by atoms with Crippen molar-refractivity contribution in [3.8, 4) is 33.4 Å². The van der Waals surface area contributed by atoms with Gasteiger partial charge in [0, 0.05) is 27.6 Å². The molecule has 224 valence electrons. The second kappa shape index (κ2) is 10.6. The molecule has 0 amide bonds. The van der Waals surface area contributed by atoms with Gasteiger partial charge in [-0.1, -0.05) is 129 Å². The molecule has 2 nitrogen and oxygen atoms in total. The van der Waals surface area contributed by atoms with Crippen molar-refractivity contribution >= 4 is 39.0 Å². The number of rotatable bonds is 5. The Hall–Kier alpha value is -5.86. The number of hydrogen-bond donors (Lipinski definition) is 0. The summed E-state index contributed by atoms with van der Waals surface area (Å²) in [6.45, 7) is 4.73. The summed E-state index contributed by atoms with van der Waals surface area (Å²) in [5.41, 5.74) is 15.0. The number of furan rings is 1. The van der Waals surface area contributed by atoms with Crippen molar-refractivity contribution in [1.82, 2.24) is 0 Å². The van der Waals surface area contributed by atoms with Gasteiger partial charge in [-0.25, -0.2) is 0 Å². The Kier molecular flexibility index (Phi) is 6.20. The number of anilines is 3. The van der Waals surface area contributed by atoms with Crippen molar-refractivity contribution in [2.24, 2.45) is 0 Å². The van der Waals surface area contributed by atoms with Gasteiger partial charge in [0.25, 0.3) is 0 Å². The Morgan fingerprint density at radius 2 is 1.09 bits per heavy atom. The summed E-state index contributed by atoms with van der Waals surface area (Å²) < 4.78 is 6.37. The maximum atomic E-state index is 6.37. The minimum atomic E-state index is -0.243. The minimum Gasteiger partial charge on any atom is -0.456 e. The third kappa shape index (κ3) is 4.40. The van der Waals surface area contributed by atoms with Gasteiger partial charge in [-0.05, 0) is 93.0 Å². The summed E-state index contributed by atoms with van der Waals surface area (Å²) in [5.74, 6) is 0. The first-order valence-electron chi connectivity index (χ1n) is 16.3. The largest absolute Gasteiger partial charge is 0.456 e. The quantitative estimate of drug-likeness (QED) is 0.195. The molecule has 0 radical (unpaired) electrons. The third-order valence-corrected chi connectivity index (χ3v) is 9.83. The summed E-state index contributed by atoms with van der Waals surface area (Å²) in [6.07, 6.45) is 0. The van der Waals surface area contributed by atoms with Gasteiger partial charge in [0.05, 0.1) is 5.69 Å². The molecule has 0 saturated heterocycles. The van der Waals surface area contributed by atoms with E-state index in [2.05, 4.69) is 176 Å². The van der Waals surface area contributed by atoms with Crippen LogP contribution in [0.5, 0.6) is 0 Å². The van der Waals surface area contributed by atoms with Crippen LogP contribution in [0, 0.1) is 0 Å². The minimum absolute atomic E-state index is 0.243. The van der Waals surface area contributed by atoms with E-state index in [9.17, 15) is 0 Å². The molecule has 0 aliphatic heterocycles. The molecular weight excluding hydrogens is 571 g/mol. The van der Waals surface area contributed by atoms with Crippen LogP contribution in [0.3, 0.4) is 0 Å². The first-order chi connectivity index (χ1) is 23.1. The highest BCUT2D eigenvalue weighted by atomic mass is 16.3. The summed E-state index contributed by atoms with van der Waals surface area (Å²) >= 11 is 0. The molecule has 1 heterocycles. The van der Waals surface area contributed by atoms with Crippen LogP contribution in [0.4, 0.5) is 17.1 Å². The van der Waals surface area contributed by atoms with Gasteiger partial charge in [0.2, 0.25) is 0 Å². The summed E-state index contributed by atoms with van der Waals surface area (Å²) in [5, 5.41) is 2.33. The molecule has 8 aromatic rings. The Morgan fingerprint density at radius 3 is 1.85 bits per heavy atom. The topological polar surface area (TPSA) is 16.4 Å². The molecule has 0 spiro atoms. The maximum Gasteiger partial charge on any atom is 0.136 e. The van der Waals surface area contributed by atoms with Gasteiger partial charge in [-0.15, -0.1) is 0 Å². The van der Waals surface area contributed by atoms with E-state index in [1.165, 1.54) is 55.6 Å². The lowest BCUT2D eigenvalue weighted by Gasteiger charge is -2.32. The van der Waals surface area contributed by atoms with Gasteiger partial charge in [0.1, 0.15) is 11.2 Å². The SMILES string of the molecule is CC1(C)c2cc3c(cc2-c2cccc(N(c4ccc(-c5ccccc5)cc4)c4cccc(-c5ccccc5)c4)c21)oc1ccccc13. The fraction of sp³-hybridized carbons (Fsp3) is 0.0667. The van der Waals surface area contributed by atoms with Crippen LogP contribution in [0.2, 0.25) is 0 Å². The zero-order valence-corrected chi connectivity index (χ0v) is 26.4. The maximum absolute atomic E-state index is 6.37. The Bertz CT molecular complexity index is 2420. The van der Waals surface area contributed by atoms with Crippen LogP contribution in [0.1, 0.15) is 25.0 Å². The van der Waals surface area contributed by atoms with Gasteiger partial charge >= 0.3 is 0 Å². The number of benzene rings is 7. The summed E-state index contributed by atoms with van der Waals surface area (Å²) in [6, 6.07) is 58.9. The van der Waals surface area contributed by atoms with Crippen LogP contribution in [0.25, 0.3) is 55.3 Å². The zero-order valence-electron chi connectivity index (χ0n) is 26.4. The first-order valence-corrected chi connectivity index (χ1v) is 16.3. The van der Waals surface area contributed by atoms with Crippen molar-refractivity contribution in [3.63, 3.8) is 0 Å². The van der Waals surface area contributed by atoms with Crippen molar-refractivity contribution in [1.29, 1.82) is 0 Å². The lowest BCUT2D eigenvalue weighted by Crippen LogP contribution is -2.20. The lowest BCUT2D eigenvalue weighted by molar-refractivity contribution is 0.658. The molecule has 0 saturated carbocycles. The van der Waals surface area contributed by atoms with E-state index in [0.717, 1.165) is 27.9 Å². The Balaban J connectivity index is 1.25. The molecule has 1 aliphatic rings. The highest BCUT2D eigenvalue weighted by molar-refractivity contribution is 6.08. The van der Waals surface area contributed by atoms with E-state index >= 15 is 0 Å². The van der Waals surface area contributed by atoms with Crippen molar-refractivity contribution in [2.75, 3.05) is 4.90 Å². The van der Waals surface area contributed by atoms with Gasteiger partial charge < -0.3 is 9.32 Å². The fourth-order valence-electron chi connectivity index (χ4n) is 7.57. The molecule has 0 unspecified atom stereocenters. The molecule has 1 aliphatic carbocycles. The van der Waals surface area contributed by atoms with E-state index in [1.807, 2.05) is 6.07 Å². The number of nitrogens with zero attached hydrogens (tertiary/aromatic N) is 1. The molecule has 0 fully saturated rings. The average molecular weight is 604 g/mol. The normalized spacial score (nSPS) is 13.1. The van der Waals surface area contributed by atoms with E-state index < -0.39 is 0 Å². The van der Waals surface area contributed by atoms with Gasteiger partial charge in [0.15, 0.2) is 0 Å². The predicted octanol–water partition coefficient (Wildman–Crippen LogP) is 12.7. The van der Waals surface area contributed by atoms with E-state index in [-0.39, 0.29) is 5.41 Å². The van der Waals surface area contributed by atoms with Gasteiger partial charge in [-0.2, -0.15) is 0 Å². The summed E-state index contributed by atoms with van der Waals surface area (Å²) in [7, 11) is 0. The van der Waals surface area contributed by atoms with Gasteiger partial charge in [-0.3, -0.25) is 0 Å². The molecule has 9 rings (SSSR count). The van der Waals surface area contributed by atoms with E-state index in [4.69, 9.17) is 4.42 Å². The fourth-order valence-corrected chi connectivity index (χ4v) is 7.57. The Labute approximate surface area is 275 Å². The highest BCUT2D eigenvalue weighted by Crippen LogP contribution is 2.55. The predicted molar refractivity (Wildman–Crippen MR) is 197 cm³/mol. The van der Waals surface area contributed by atoms with Crippen LogP contribution in [-0.2, 0) is 5.41 Å². The van der Waals surface area contributed by atoms with Crippen LogP contribution in [0.15, 0.2) is 168 Å². The third-order valence-electron chi connectivity index (χ3n) is 9.83. The van der Waals surface area contributed by atoms with E-state index in [0.29, 0.717) is 0 Å². The molecule has 0 N–H and O–H groups in total. The molecule has 0 atom stereocenters.